The SMILES string of the molecule is CCC(=O)N1N=C(c2c(O)n(C3CCCCC3)c(=O)[nH]c2=O)CC1c1cccs1. The van der Waals surface area contributed by atoms with Gasteiger partial charge in [0.1, 0.15) is 5.56 Å². The van der Waals surface area contributed by atoms with E-state index in [4.69, 9.17) is 0 Å². The van der Waals surface area contributed by atoms with E-state index in [1.54, 1.807) is 6.92 Å². The van der Waals surface area contributed by atoms with Crippen molar-refractivity contribution in [1.29, 1.82) is 0 Å². The van der Waals surface area contributed by atoms with Gasteiger partial charge in [0, 0.05) is 23.8 Å². The molecule has 1 saturated carbocycles. The topological polar surface area (TPSA) is 108 Å². The van der Waals surface area contributed by atoms with Gasteiger partial charge in [-0.25, -0.2) is 9.80 Å². The van der Waals surface area contributed by atoms with Crippen molar-refractivity contribution in [1.82, 2.24) is 14.6 Å². The Bertz CT molecular complexity index is 1050. The Morgan fingerprint density at radius 1 is 1.31 bits per heavy atom. The van der Waals surface area contributed by atoms with Crippen molar-refractivity contribution in [2.24, 2.45) is 5.10 Å². The van der Waals surface area contributed by atoms with Crippen molar-refractivity contribution in [3.63, 3.8) is 0 Å². The standard InChI is InChI=1S/C20H24N4O4S/c1-2-16(25)24-14(15-9-6-10-29-15)11-13(22-24)17-18(26)21-20(28)23(19(17)27)12-7-4-3-5-8-12/h6,9-10,12,14,27H,2-5,7-8,11H2,1H3,(H,21,26,28). The molecule has 154 valence electrons. The highest BCUT2D eigenvalue weighted by Crippen LogP contribution is 2.37. The third-order valence-electron chi connectivity index (χ3n) is 5.69. The smallest absolute Gasteiger partial charge is 0.331 e. The molecule has 1 unspecified atom stereocenters. The molecule has 1 aliphatic carbocycles. The first kappa shape index (κ1) is 19.6. The van der Waals surface area contributed by atoms with Gasteiger partial charge in [0.15, 0.2) is 0 Å². The van der Waals surface area contributed by atoms with E-state index in [-0.39, 0.29) is 35.9 Å². The Morgan fingerprint density at radius 3 is 2.72 bits per heavy atom. The van der Waals surface area contributed by atoms with Crippen LogP contribution in [-0.2, 0) is 4.79 Å². The van der Waals surface area contributed by atoms with Crippen LogP contribution in [0.2, 0.25) is 0 Å². The van der Waals surface area contributed by atoms with Crippen LogP contribution in [0, 0.1) is 0 Å². The molecule has 0 radical (unpaired) electrons. The number of nitrogens with zero attached hydrogens (tertiary/aromatic N) is 3. The molecule has 1 fully saturated rings. The van der Waals surface area contributed by atoms with Gasteiger partial charge in [0.2, 0.25) is 11.8 Å². The van der Waals surface area contributed by atoms with E-state index in [2.05, 4.69) is 10.1 Å². The van der Waals surface area contributed by atoms with Crippen LogP contribution in [0.4, 0.5) is 0 Å². The summed E-state index contributed by atoms with van der Waals surface area (Å²) in [6.45, 7) is 1.76. The number of aromatic amines is 1. The number of carbonyl (C=O) groups excluding carboxylic acids is 1. The van der Waals surface area contributed by atoms with Crippen molar-refractivity contribution in [2.75, 3.05) is 0 Å². The molecule has 3 heterocycles. The van der Waals surface area contributed by atoms with Gasteiger partial charge in [-0.1, -0.05) is 32.3 Å². The molecular weight excluding hydrogens is 392 g/mol. The summed E-state index contributed by atoms with van der Waals surface area (Å²) in [4.78, 5) is 40.8. The molecule has 0 bridgehead atoms. The van der Waals surface area contributed by atoms with Gasteiger partial charge >= 0.3 is 5.69 Å². The predicted molar refractivity (Wildman–Crippen MR) is 110 cm³/mol. The highest BCUT2D eigenvalue weighted by atomic mass is 32.1. The summed E-state index contributed by atoms with van der Waals surface area (Å²) in [5.41, 5.74) is -0.955. The van der Waals surface area contributed by atoms with Gasteiger partial charge in [-0.2, -0.15) is 5.10 Å². The molecule has 1 amide bonds. The molecule has 0 spiro atoms. The van der Waals surface area contributed by atoms with Gasteiger partial charge in [-0.15, -0.1) is 11.3 Å². The molecule has 4 rings (SSSR count). The predicted octanol–water partition coefficient (Wildman–Crippen LogP) is 2.90. The average Bonchev–Trinajstić information content (AvgIpc) is 3.38. The molecule has 1 aliphatic heterocycles. The summed E-state index contributed by atoms with van der Waals surface area (Å²) in [6.07, 6.45) is 5.21. The van der Waals surface area contributed by atoms with Gasteiger partial charge in [-0.3, -0.25) is 19.1 Å². The maximum atomic E-state index is 12.6. The first-order valence-corrected chi connectivity index (χ1v) is 10.9. The minimum atomic E-state index is -0.672. The Morgan fingerprint density at radius 2 is 2.07 bits per heavy atom. The number of thiophene rings is 1. The molecule has 0 saturated heterocycles. The zero-order valence-electron chi connectivity index (χ0n) is 16.3. The largest absolute Gasteiger partial charge is 0.494 e. The Hall–Kier alpha value is -2.68. The van der Waals surface area contributed by atoms with Crippen LogP contribution in [0.3, 0.4) is 0 Å². The lowest BCUT2D eigenvalue weighted by Gasteiger charge is -2.25. The monoisotopic (exact) mass is 416 g/mol. The van der Waals surface area contributed by atoms with Crippen molar-refractivity contribution in [3.8, 4) is 5.88 Å². The van der Waals surface area contributed by atoms with Crippen LogP contribution in [0.15, 0.2) is 32.2 Å². The summed E-state index contributed by atoms with van der Waals surface area (Å²) < 4.78 is 1.29. The number of rotatable bonds is 4. The maximum Gasteiger partial charge on any atom is 0.331 e. The summed E-state index contributed by atoms with van der Waals surface area (Å²) in [6, 6.07) is 3.37. The van der Waals surface area contributed by atoms with E-state index in [9.17, 15) is 19.5 Å². The van der Waals surface area contributed by atoms with E-state index in [1.165, 1.54) is 20.9 Å². The molecule has 2 aromatic rings. The van der Waals surface area contributed by atoms with Crippen LogP contribution in [0.5, 0.6) is 5.88 Å². The van der Waals surface area contributed by atoms with Crippen molar-refractivity contribution >= 4 is 23.0 Å². The van der Waals surface area contributed by atoms with Crippen LogP contribution in [0.1, 0.15) is 74.4 Å². The molecule has 29 heavy (non-hydrogen) atoms. The lowest BCUT2D eigenvalue weighted by molar-refractivity contribution is -0.132. The molecule has 0 aromatic carbocycles. The molecule has 9 heteroatoms. The molecular formula is C20H24N4O4S. The molecule has 2 aliphatic rings. The fourth-order valence-corrected chi connectivity index (χ4v) is 5.04. The summed E-state index contributed by atoms with van der Waals surface area (Å²) in [5, 5.41) is 18.7. The lowest BCUT2D eigenvalue weighted by atomic mass is 9.95. The van der Waals surface area contributed by atoms with Crippen molar-refractivity contribution < 1.29 is 9.90 Å². The number of nitrogens with one attached hydrogen (secondary N) is 1. The number of hydrogen-bond donors (Lipinski definition) is 2. The maximum absolute atomic E-state index is 12.6. The second-order valence-electron chi connectivity index (χ2n) is 7.49. The van der Waals surface area contributed by atoms with Crippen LogP contribution >= 0.6 is 11.3 Å². The second kappa shape index (κ2) is 7.98. The first-order valence-electron chi connectivity index (χ1n) is 10.0. The van der Waals surface area contributed by atoms with Gasteiger partial charge in [0.25, 0.3) is 5.56 Å². The fraction of sp³-hybridized carbons (Fsp3) is 0.500. The lowest BCUT2D eigenvalue weighted by Crippen LogP contribution is -2.36. The quantitative estimate of drug-likeness (QED) is 0.799. The highest BCUT2D eigenvalue weighted by Gasteiger charge is 2.36. The molecule has 2 N–H and O–H groups in total. The Labute approximate surface area is 171 Å². The Kier molecular flexibility index (Phi) is 5.40. The van der Waals surface area contributed by atoms with Crippen LogP contribution < -0.4 is 11.2 Å². The Balaban J connectivity index is 1.78. The van der Waals surface area contributed by atoms with Crippen molar-refractivity contribution in [2.45, 2.75) is 64.0 Å². The van der Waals surface area contributed by atoms with Crippen molar-refractivity contribution in [3.05, 3.63) is 48.8 Å². The highest BCUT2D eigenvalue weighted by molar-refractivity contribution is 7.10. The third-order valence-corrected chi connectivity index (χ3v) is 6.66. The zero-order chi connectivity index (χ0) is 20.5. The zero-order valence-corrected chi connectivity index (χ0v) is 17.1. The minimum Gasteiger partial charge on any atom is -0.494 e. The fourth-order valence-electron chi connectivity index (χ4n) is 4.23. The van der Waals surface area contributed by atoms with Gasteiger partial charge in [-0.05, 0) is 24.3 Å². The molecule has 1 atom stereocenters. The normalized spacial score (nSPS) is 20.1. The second-order valence-corrected chi connectivity index (χ2v) is 8.47. The van der Waals surface area contributed by atoms with E-state index in [0.717, 1.165) is 37.0 Å². The number of hydrazone groups is 1. The van der Waals surface area contributed by atoms with E-state index < -0.39 is 11.2 Å². The minimum absolute atomic E-state index is 0.0110. The first-order chi connectivity index (χ1) is 14.0. The molecule has 8 nitrogen and oxygen atoms in total. The number of H-pyrrole nitrogens is 1. The van der Waals surface area contributed by atoms with Crippen LogP contribution in [-0.4, -0.2) is 31.3 Å². The number of amides is 1. The van der Waals surface area contributed by atoms with Crippen LogP contribution in [0.25, 0.3) is 0 Å². The average molecular weight is 417 g/mol. The molecule has 2 aromatic heterocycles. The van der Waals surface area contributed by atoms with Gasteiger partial charge < -0.3 is 5.11 Å². The summed E-state index contributed by atoms with van der Waals surface area (Å²) in [7, 11) is 0. The number of carbonyl (C=O) groups is 1. The van der Waals surface area contributed by atoms with E-state index >= 15 is 0 Å². The van der Waals surface area contributed by atoms with E-state index in [1.807, 2.05) is 17.5 Å². The number of aromatic hydroxyl groups is 1. The summed E-state index contributed by atoms with van der Waals surface area (Å²) in [5.74, 6) is -0.505. The number of hydrogen-bond acceptors (Lipinski definition) is 6. The van der Waals surface area contributed by atoms with Gasteiger partial charge in [0.05, 0.1) is 11.8 Å². The summed E-state index contributed by atoms with van der Waals surface area (Å²) >= 11 is 1.51. The third kappa shape index (κ3) is 3.55. The van der Waals surface area contributed by atoms with E-state index in [0.29, 0.717) is 12.1 Å². The number of aromatic nitrogens is 2.